The van der Waals surface area contributed by atoms with Gasteiger partial charge in [-0.15, -0.1) is 10.2 Å². The largest absolute Gasteiger partial charge is 0.479 e. The average Bonchev–Trinajstić information content (AvgIpc) is 2.84. The van der Waals surface area contributed by atoms with Crippen LogP contribution in [0.25, 0.3) is 22.4 Å². The summed E-state index contributed by atoms with van der Waals surface area (Å²) in [6.07, 6.45) is 0. The maximum atomic E-state index is 5.88. The molecule has 0 atom stereocenters. The monoisotopic (exact) mass is 274 g/mol. The van der Waals surface area contributed by atoms with E-state index in [0.717, 1.165) is 16.6 Å². The number of halogens is 1. The first kappa shape index (κ1) is 11.9. The van der Waals surface area contributed by atoms with Crippen LogP contribution in [0.15, 0.2) is 24.3 Å². The molecule has 2 aromatic heterocycles. The number of methoxy groups -OCH3 is 1. The van der Waals surface area contributed by atoms with E-state index in [2.05, 4.69) is 20.2 Å². The Bertz CT molecular complexity index is 753. The predicted octanol–water partition coefficient (Wildman–Crippen LogP) is 2.99. The molecular formula is C13H11ClN4O. The molecule has 1 aromatic carbocycles. The van der Waals surface area contributed by atoms with E-state index in [1.54, 1.807) is 6.07 Å². The van der Waals surface area contributed by atoms with Crippen LogP contribution in [0.4, 0.5) is 0 Å². The van der Waals surface area contributed by atoms with Gasteiger partial charge in [-0.2, -0.15) is 0 Å². The molecule has 0 bridgehead atoms. The number of nitrogens with one attached hydrogen (secondary N) is 1. The molecule has 1 N–H and O–H groups in total. The maximum Gasteiger partial charge on any atom is 0.244 e. The van der Waals surface area contributed by atoms with Crippen molar-refractivity contribution in [2.45, 2.75) is 6.92 Å². The molecule has 19 heavy (non-hydrogen) atoms. The number of hydrogen-bond acceptors (Lipinski definition) is 4. The fraction of sp³-hybridized carbons (Fsp3) is 0.154. The molecule has 0 aliphatic rings. The van der Waals surface area contributed by atoms with Gasteiger partial charge in [0.15, 0.2) is 5.15 Å². The highest BCUT2D eigenvalue weighted by Crippen LogP contribution is 2.29. The summed E-state index contributed by atoms with van der Waals surface area (Å²) < 4.78 is 5.19. The van der Waals surface area contributed by atoms with Gasteiger partial charge in [-0.25, -0.2) is 4.98 Å². The van der Waals surface area contributed by atoms with Gasteiger partial charge in [0.25, 0.3) is 0 Å². The minimum atomic E-state index is 0.299. The number of rotatable bonds is 2. The number of aryl methyl sites for hydroxylation is 1. The average molecular weight is 275 g/mol. The summed E-state index contributed by atoms with van der Waals surface area (Å²) in [6.45, 7) is 2.03. The number of nitrogens with zero attached hydrogens (tertiary/aromatic N) is 3. The molecule has 6 heteroatoms. The van der Waals surface area contributed by atoms with Crippen LogP contribution in [0.3, 0.4) is 0 Å². The Kier molecular flexibility index (Phi) is 2.83. The molecule has 5 nitrogen and oxygen atoms in total. The van der Waals surface area contributed by atoms with Gasteiger partial charge in [0.2, 0.25) is 5.88 Å². The normalized spacial score (nSPS) is 10.9. The Morgan fingerprint density at radius 2 is 2.11 bits per heavy atom. The lowest BCUT2D eigenvalue weighted by atomic mass is 10.2. The predicted molar refractivity (Wildman–Crippen MR) is 73.4 cm³/mol. The summed E-state index contributed by atoms with van der Waals surface area (Å²) in [5.41, 5.74) is 3.71. The molecule has 0 saturated carbocycles. The Morgan fingerprint density at radius 1 is 1.26 bits per heavy atom. The summed E-state index contributed by atoms with van der Waals surface area (Å²) in [5.74, 6) is 1.05. The second-order valence-electron chi connectivity index (χ2n) is 4.14. The highest BCUT2D eigenvalue weighted by Gasteiger charge is 2.14. The minimum Gasteiger partial charge on any atom is -0.479 e. The van der Waals surface area contributed by atoms with Gasteiger partial charge in [0.05, 0.1) is 23.7 Å². The lowest BCUT2D eigenvalue weighted by Crippen LogP contribution is -1.95. The van der Waals surface area contributed by atoms with Gasteiger partial charge in [0.1, 0.15) is 5.82 Å². The van der Waals surface area contributed by atoms with Crippen LogP contribution >= 0.6 is 11.6 Å². The third-order valence-corrected chi connectivity index (χ3v) is 3.09. The molecular weight excluding hydrogens is 264 g/mol. The molecule has 0 radical (unpaired) electrons. The van der Waals surface area contributed by atoms with E-state index in [9.17, 15) is 0 Å². The summed E-state index contributed by atoms with van der Waals surface area (Å²) in [6, 6.07) is 7.63. The van der Waals surface area contributed by atoms with Crippen molar-refractivity contribution in [3.05, 3.63) is 35.0 Å². The number of aromatic nitrogens is 4. The summed E-state index contributed by atoms with van der Waals surface area (Å²) >= 11 is 5.88. The summed E-state index contributed by atoms with van der Waals surface area (Å²) in [7, 11) is 1.54. The van der Waals surface area contributed by atoms with Crippen LogP contribution in [-0.4, -0.2) is 27.3 Å². The van der Waals surface area contributed by atoms with Crippen molar-refractivity contribution in [3.8, 4) is 17.3 Å². The van der Waals surface area contributed by atoms with Crippen molar-refractivity contribution in [3.63, 3.8) is 0 Å². The molecule has 0 aliphatic carbocycles. The van der Waals surface area contributed by atoms with E-state index >= 15 is 0 Å². The van der Waals surface area contributed by atoms with Gasteiger partial charge >= 0.3 is 0 Å². The Morgan fingerprint density at radius 3 is 2.84 bits per heavy atom. The quantitative estimate of drug-likeness (QED) is 0.780. The Balaban J connectivity index is 2.24. The van der Waals surface area contributed by atoms with Gasteiger partial charge in [0, 0.05) is 0 Å². The number of benzene rings is 1. The number of ether oxygens (including phenoxy) is 1. The highest BCUT2D eigenvalue weighted by atomic mass is 35.5. The molecule has 3 aromatic rings. The molecule has 2 heterocycles. The Labute approximate surface area is 114 Å². The molecule has 3 rings (SSSR count). The van der Waals surface area contributed by atoms with Gasteiger partial charge < -0.3 is 9.72 Å². The van der Waals surface area contributed by atoms with Crippen LogP contribution in [0, 0.1) is 6.92 Å². The van der Waals surface area contributed by atoms with Crippen molar-refractivity contribution in [2.75, 3.05) is 7.11 Å². The third-order valence-electron chi connectivity index (χ3n) is 2.91. The first-order chi connectivity index (χ1) is 9.19. The molecule has 0 amide bonds. The Hall–Kier alpha value is -2.14. The zero-order valence-electron chi connectivity index (χ0n) is 10.4. The zero-order chi connectivity index (χ0) is 13.4. The van der Waals surface area contributed by atoms with E-state index in [1.165, 1.54) is 7.11 Å². The van der Waals surface area contributed by atoms with Crippen LogP contribution in [0.5, 0.6) is 5.88 Å². The van der Waals surface area contributed by atoms with E-state index in [1.807, 2.05) is 25.1 Å². The third kappa shape index (κ3) is 2.02. The number of para-hydroxylation sites is 1. The molecule has 0 aliphatic heterocycles. The molecule has 96 valence electrons. The van der Waals surface area contributed by atoms with Crippen molar-refractivity contribution in [1.82, 2.24) is 20.2 Å². The van der Waals surface area contributed by atoms with Crippen LogP contribution in [-0.2, 0) is 0 Å². The molecule has 0 saturated heterocycles. The van der Waals surface area contributed by atoms with Crippen LogP contribution in [0.2, 0.25) is 5.15 Å². The zero-order valence-corrected chi connectivity index (χ0v) is 11.2. The SMILES string of the molecule is COc1nnc(Cl)cc1-c1nc2cccc(C)c2[nH]1. The van der Waals surface area contributed by atoms with Gasteiger partial charge in [-0.05, 0) is 24.6 Å². The second kappa shape index (κ2) is 4.51. The number of aromatic amines is 1. The topological polar surface area (TPSA) is 63.7 Å². The first-order valence-corrected chi connectivity index (χ1v) is 6.10. The highest BCUT2D eigenvalue weighted by molar-refractivity contribution is 6.29. The lowest BCUT2D eigenvalue weighted by molar-refractivity contribution is 0.393. The number of H-pyrrole nitrogens is 1. The van der Waals surface area contributed by atoms with E-state index in [4.69, 9.17) is 16.3 Å². The minimum absolute atomic E-state index is 0.299. The second-order valence-corrected chi connectivity index (χ2v) is 4.53. The van der Waals surface area contributed by atoms with Crippen LogP contribution < -0.4 is 4.74 Å². The molecule has 0 fully saturated rings. The van der Waals surface area contributed by atoms with Crippen molar-refractivity contribution in [2.24, 2.45) is 0 Å². The molecule has 0 unspecified atom stereocenters. The van der Waals surface area contributed by atoms with Crippen LogP contribution in [0.1, 0.15) is 5.56 Å². The smallest absolute Gasteiger partial charge is 0.244 e. The van der Waals surface area contributed by atoms with Crippen molar-refractivity contribution < 1.29 is 4.74 Å². The fourth-order valence-corrected chi connectivity index (χ4v) is 2.13. The van der Waals surface area contributed by atoms with Crippen molar-refractivity contribution >= 4 is 22.6 Å². The van der Waals surface area contributed by atoms with E-state index in [0.29, 0.717) is 22.4 Å². The first-order valence-electron chi connectivity index (χ1n) is 5.72. The van der Waals surface area contributed by atoms with E-state index < -0.39 is 0 Å². The lowest BCUT2D eigenvalue weighted by Gasteiger charge is -2.03. The summed E-state index contributed by atoms with van der Waals surface area (Å²) in [4.78, 5) is 7.80. The number of hydrogen-bond donors (Lipinski definition) is 1. The number of imidazole rings is 1. The van der Waals surface area contributed by atoms with Crippen molar-refractivity contribution in [1.29, 1.82) is 0 Å². The van der Waals surface area contributed by atoms with Gasteiger partial charge in [-0.1, -0.05) is 23.7 Å². The fourth-order valence-electron chi connectivity index (χ4n) is 1.98. The van der Waals surface area contributed by atoms with Gasteiger partial charge in [-0.3, -0.25) is 0 Å². The number of fused-ring (bicyclic) bond motifs is 1. The standard InChI is InChI=1S/C13H11ClN4O/c1-7-4-3-5-9-11(7)16-12(15-9)8-6-10(14)17-18-13(8)19-2/h3-6H,1-2H3,(H,15,16). The summed E-state index contributed by atoms with van der Waals surface area (Å²) in [5, 5.41) is 7.96. The maximum absolute atomic E-state index is 5.88. The molecule has 0 spiro atoms. The van der Waals surface area contributed by atoms with E-state index in [-0.39, 0.29) is 0 Å².